The van der Waals surface area contributed by atoms with Gasteiger partial charge in [0.15, 0.2) is 0 Å². The number of benzene rings is 1. The highest BCUT2D eigenvalue weighted by molar-refractivity contribution is 6.19. The maximum Gasteiger partial charge on any atom is 0.336 e. The molecule has 0 saturated heterocycles. The summed E-state index contributed by atoms with van der Waals surface area (Å²) < 4.78 is 15.0. The SMILES string of the molecule is C#C[C@H](c1ccccc1)C(C(=O)OCC)(C(=O)OCC)C(=O)OCC. The Kier molecular flexibility index (Phi) is 7.67. The van der Waals surface area contributed by atoms with Gasteiger partial charge in [0, 0.05) is 0 Å². The highest BCUT2D eigenvalue weighted by Crippen LogP contribution is 2.40. The molecule has 0 aliphatic rings. The smallest absolute Gasteiger partial charge is 0.336 e. The van der Waals surface area contributed by atoms with E-state index in [1.54, 1.807) is 51.1 Å². The van der Waals surface area contributed by atoms with E-state index in [-0.39, 0.29) is 19.8 Å². The average Bonchev–Trinajstić information content (AvgIpc) is 2.60. The van der Waals surface area contributed by atoms with Crippen molar-refractivity contribution < 1.29 is 28.6 Å². The van der Waals surface area contributed by atoms with Crippen LogP contribution in [0.4, 0.5) is 0 Å². The first kappa shape index (κ1) is 20.2. The van der Waals surface area contributed by atoms with Crippen molar-refractivity contribution in [3.05, 3.63) is 35.9 Å². The summed E-state index contributed by atoms with van der Waals surface area (Å²) >= 11 is 0. The molecule has 1 aromatic rings. The molecule has 0 aliphatic heterocycles. The first-order valence-corrected chi connectivity index (χ1v) is 8.03. The van der Waals surface area contributed by atoms with Crippen molar-refractivity contribution in [3.63, 3.8) is 0 Å². The Morgan fingerprint density at radius 3 is 1.64 bits per heavy atom. The van der Waals surface area contributed by atoms with Crippen LogP contribution in [0.3, 0.4) is 0 Å². The molecule has 0 unspecified atom stereocenters. The van der Waals surface area contributed by atoms with Crippen LogP contribution >= 0.6 is 0 Å². The van der Waals surface area contributed by atoms with E-state index in [0.29, 0.717) is 5.56 Å². The lowest BCUT2D eigenvalue weighted by Crippen LogP contribution is -2.53. The van der Waals surface area contributed by atoms with Crippen LogP contribution in [0.2, 0.25) is 0 Å². The van der Waals surface area contributed by atoms with Crippen LogP contribution in [-0.4, -0.2) is 37.7 Å². The second-order valence-corrected chi connectivity index (χ2v) is 4.98. The van der Waals surface area contributed by atoms with Gasteiger partial charge in [0.2, 0.25) is 0 Å². The van der Waals surface area contributed by atoms with Crippen molar-refractivity contribution >= 4 is 17.9 Å². The van der Waals surface area contributed by atoms with Crippen LogP contribution in [0.5, 0.6) is 0 Å². The largest absolute Gasteiger partial charge is 0.465 e. The standard InChI is InChI=1S/C19H22O6/c1-5-15(14-12-10-9-11-13-14)19(16(20)23-6-2,17(21)24-7-3)18(22)25-8-4/h1,9-13,15H,6-8H2,2-4H3/t15-/m1/s1. The van der Waals surface area contributed by atoms with Crippen LogP contribution in [0.1, 0.15) is 32.3 Å². The van der Waals surface area contributed by atoms with Gasteiger partial charge < -0.3 is 14.2 Å². The molecule has 1 rings (SSSR count). The lowest BCUT2D eigenvalue weighted by atomic mass is 9.72. The maximum absolute atomic E-state index is 12.8. The summed E-state index contributed by atoms with van der Waals surface area (Å²) in [6.45, 7) is 4.58. The Hall–Kier alpha value is -2.81. The minimum atomic E-state index is -2.42. The average molecular weight is 346 g/mol. The summed E-state index contributed by atoms with van der Waals surface area (Å²) in [6, 6.07) is 8.36. The minimum absolute atomic E-state index is 0.0362. The second kappa shape index (κ2) is 9.48. The maximum atomic E-state index is 12.8. The number of hydrogen-bond acceptors (Lipinski definition) is 6. The van der Waals surface area contributed by atoms with Crippen LogP contribution in [0.15, 0.2) is 30.3 Å². The van der Waals surface area contributed by atoms with Gasteiger partial charge in [-0.25, -0.2) is 0 Å². The zero-order valence-electron chi connectivity index (χ0n) is 14.6. The molecule has 0 spiro atoms. The van der Waals surface area contributed by atoms with Crippen molar-refractivity contribution in [1.29, 1.82) is 0 Å². The third-order valence-corrected chi connectivity index (χ3v) is 3.52. The fraction of sp³-hybridized carbons (Fsp3) is 0.421. The molecule has 0 bridgehead atoms. The van der Waals surface area contributed by atoms with Gasteiger partial charge in [0.25, 0.3) is 5.41 Å². The molecular formula is C19H22O6. The number of carbonyl (C=O) groups is 3. The molecule has 1 aromatic carbocycles. The first-order valence-electron chi connectivity index (χ1n) is 8.03. The third-order valence-electron chi connectivity index (χ3n) is 3.52. The Bertz CT molecular complexity index is 598. The predicted octanol–water partition coefficient (Wildman–Crippen LogP) is 2.08. The second-order valence-electron chi connectivity index (χ2n) is 4.98. The van der Waals surface area contributed by atoms with E-state index in [9.17, 15) is 14.4 Å². The molecular weight excluding hydrogens is 324 g/mol. The lowest BCUT2D eigenvalue weighted by molar-refractivity contribution is -0.184. The fourth-order valence-corrected chi connectivity index (χ4v) is 2.46. The molecule has 6 heteroatoms. The Labute approximate surface area is 147 Å². The first-order chi connectivity index (χ1) is 12.0. The molecule has 6 nitrogen and oxygen atoms in total. The number of rotatable bonds is 8. The van der Waals surface area contributed by atoms with Crippen molar-refractivity contribution in [3.8, 4) is 12.3 Å². The molecule has 0 aliphatic carbocycles. The zero-order chi connectivity index (χ0) is 18.9. The summed E-state index contributed by atoms with van der Waals surface area (Å²) in [5.41, 5.74) is -1.99. The quantitative estimate of drug-likeness (QED) is 0.310. The fourth-order valence-electron chi connectivity index (χ4n) is 2.46. The van der Waals surface area contributed by atoms with Gasteiger partial charge in [-0.3, -0.25) is 14.4 Å². The van der Waals surface area contributed by atoms with Gasteiger partial charge in [-0.05, 0) is 26.3 Å². The number of ether oxygens (including phenoxy) is 3. The lowest BCUT2D eigenvalue weighted by Gasteiger charge is -2.31. The molecule has 25 heavy (non-hydrogen) atoms. The molecule has 0 N–H and O–H groups in total. The van der Waals surface area contributed by atoms with Gasteiger partial charge in [0.1, 0.15) is 0 Å². The van der Waals surface area contributed by atoms with E-state index >= 15 is 0 Å². The summed E-state index contributed by atoms with van der Waals surface area (Å²) in [5.74, 6) is -2.11. The molecule has 134 valence electrons. The Balaban J connectivity index is 3.66. The number of hydrogen-bond donors (Lipinski definition) is 0. The van der Waals surface area contributed by atoms with Gasteiger partial charge >= 0.3 is 17.9 Å². The molecule has 1 atom stereocenters. The van der Waals surface area contributed by atoms with Crippen molar-refractivity contribution in [2.24, 2.45) is 5.41 Å². The van der Waals surface area contributed by atoms with Crippen LogP contribution in [-0.2, 0) is 28.6 Å². The van der Waals surface area contributed by atoms with E-state index in [4.69, 9.17) is 20.6 Å². The van der Waals surface area contributed by atoms with Crippen LogP contribution < -0.4 is 0 Å². The van der Waals surface area contributed by atoms with E-state index in [0.717, 1.165) is 0 Å². The van der Waals surface area contributed by atoms with Crippen LogP contribution in [0.25, 0.3) is 0 Å². The van der Waals surface area contributed by atoms with Crippen molar-refractivity contribution in [1.82, 2.24) is 0 Å². The summed E-state index contributed by atoms with van der Waals surface area (Å²) in [6.07, 6.45) is 5.62. The highest BCUT2D eigenvalue weighted by atomic mass is 16.6. The number of carbonyl (C=O) groups excluding carboxylic acids is 3. The van der Waals surface area contributed by atoms with E-state index < -0.39 is 29.2 Å². The highest BCUT2D eigenvalue weighted by Gasteiger charge is 2.63. The molecule has 0 radical (unpaired) electrons. The topological polar surface area (TPSA) is 78.9 Å². The predicted molar refractivity (Wildman–Crippen MR) is 90.3 cm³/mol. The summed E-state index contributed by atoms with van der Waals surface area (Å²) in [5, 5.41) is 0. The Morgan fingerprint density at radius 2 is 1.32 bits per heavy atom. The Morgan fingerprint density at radius 1 is 0.920 bits per heavy atom. The molecule has 0 amide bonds. The van der Waals surface area contributed by atoms with Crippen LogP contribution in [0, 0.1) is 17.8 Å². The van der Waals surface area contributed by atoms with Gasteiger partial charge in [-0.2, -0.15) is 0 Å². The summed E-state index contributed by atoms with van der Waals surface area (Å²) in [7, 11) is 0. The molecule has 0 aromatic heterocycles. The zero-order valence-corrected chi connectivity index (χ0v) is 14.6. The third kappa shape index (κ3) is 4.00. The van der Waals surface area contributed by atoms with Crippen molar-refractivity contribution in [2.75, 3.05) is 19.8 Å². The van der Waals surface area contributed by atoms with Crippen molar-refractivity contribution in [2.45, 2.75) is 26.7 Å². The molecule has 0 saturated carbocycles. The van der Waals surface area contributed by atoms with E-state index in [2.05, 4.69) is 5.92 Å². The number of esters is 3. The molecule has 0 fully saturated rings. The van der Waals surface area contributed by atoms with E-state index in [1.165, 1.54) is 0 Å². The van der Waals surface area contributed by atoms with Gasteiger partial charge in [-0.15, -0.1) is 6.42 Å². The normalized spacial score (nSPS) is 11.8. The summed E-state index contributed by atoms with van der Waals surface area (Å²) in [4.78, 5) is 38.3. The molecule has 0 heterocycles. The van der Waals surface area contributed by atoms with E-state index in [1.807, 2.05) is 0 Å². The number of terminal acetylenes is 1. The monoisotopic (exact) mass is 346 g/mol. The van der Waals surface area contributed by atoms with Gasteiger partial charge in [0.05, 0.1) is 25.7 Å². The minimum Gasteiger partial charge on any atom is -0.465 e. The van der Waals surface area contributed by atoms with Gasteiger partial charge in [-0.1, -0.05) is 36.3 Å².